The summed E-state index contributed by atoms with van der Waals surface area (Å²) in [6.07, 6.45) is 3.49. The van der Waals surface area contributed by atoms with Crippen LogP contribution in [0.1, 0.15) is 35.4 Å². The van der Waals surface area contributed by atoms with Crippen LogP contribution < -0.4 is 5.69 Å². The molecular weight excluding hydrogens is 250 g/mol. The first-order valence-electron chi connectivity index (χ1n) is 6.41. The summed E-state index contributed by atoms with van der Waals surface area (Å²) in [6.45, 7) is 1.90. The van der Waals surface area contributed by atoms with Crippen molar-refractivity contribution in [3.8, 4) is 0 Å². The van der Waals surface area contributed by atoms with E-state index in [9.17, 15) is 9.59 Å². The van der Waals surface area contributed by atoms with Crippen molar-refractivity contribution in [3.05, 3.63) is 21.9 Å². The minimum atomic E-state index is -1.13. The van der Waals surface area contributed by atoms with Crippen molar-refractivity contribution < 1.29 is 14.6 Å². The average Bonchev–Trinajstić information content (AvgIpc) is 2.71. The number of likely N-dealkylation sites (N-methyl/N-ethyl adjacent to an activating group) is 1. The Hall–Kier alpha value is -1.60. The van der Waals surface area contributed by atoms with Gasteiger partial charge in [-0.1, -0.05) is 0 Å². The number of carbonyl (C=O) groups is 1. The average molecular weight is 269 g/mol. The highest BCUT2D eigenvalue weighted by molar-refractivity contribution is 5.86. The maximum atomic E-state index is 11.2. The largest absolute Gasteiger partial charge is 0.477 e. The predicted octanol–water partition coefficient (Wildman–Crippen LogP) is 0.402. The molecule has 2 rings (SSSR count). The minimum Gasteiger partial charge on any atom is -0.477 e. The number of hydrogen-bond donors (Lipinski definition) is 3. The molecule has 0 unspecified atom stereocenters. The van der Waals surface area contributed by atoms with E-state index in [1.165, 1.54) is 6.42 Å². The molecule has 0 bridgehead atoms. The van der Waals surface area contributed by atoms with Crippen molar-refractivity contribution in [2.24, 2.45) is 0 Å². The van der Waals surface area contributed by atoms with Crippen LogP contribution in [0.4, 0.5) is 0 Å². The van der Waals surface area contributed by atoms with Gasteiger partial charge in [-0.2, -0.15) is 0 Å². The highest BCUT2D eigenvalue weighted by Crippen LogP contribution is 2.14. The predicted molar refractivity (Wildman–Crippen MR) is 68.3 cm³/mol. The first-order chi connectivity index (χ1) is 9.06. The molecule has 106 valence electrons. The van der Waals surface area contributed by atoms with Gasteiger partial charge < -0.3 is 14.8 Å². The molecule has 1 aliphatic rings. The molecule has 0 spiro atoms. The summed E-state index contributed by atoms with van der Waals surface area (Å²) < 4.78 is 5.63. The molecule has 0 aliphatic carbocycles. The van der Waals surface area contributed by atoms with Crippen molar-refractivity contribution in [1.82, 2.24) is 14.9 Å². The second kappa shape index (κ2) is 6.03. The summed E-state index contributed by atoms with van der Waals surface area (Å²) >= 11 is 0. The number of imidazole rings is 1. The SMILES string of the molecule is CN(Cc1[nH]c(=O)[nH]c1C(=O)O)C[C@@H]1CCCCO1. The molecule has 1 aromatic heterocycles. The van der Waals surface area contributed by atoms with Gasteiger partial charge in [0.2, 0.25) is 0 Å². The molecule has 7 heteroatoms. The Morgan fingerprint density at radius 1 is 1.47 bits per heavy atom. The van der Waals surface area contributed by atoms with Crippen LogP contribution in [0.15, 0.2) is 4.79 Å². The Bertz CT molecular complexity index is 487. The van der Waals surface area contributed by atoms with E-state index >= 15 is 0 Å². The van der Waals surface area contributed by atoms with E-state index in [1.54, 1.807) is 0 Å². The van der Waals surface area contributed by atoms with Crippen molar-refractivity contribution in [2.75, 3.05) is 20.2 Å². The molecule has 0 saturated carbocycles. The van der Waals surface area contributed by atoms with Gasteiger partial charge >= 0.3 is 11.7 Å². The first kappa shape index (κ1) is 13.8. The zero-order valence-corrected chi connectivity index (χ0v) is 10.9. The zero-order chi connectivity index (χ0) is 13.8. The molecule has 2 heterocycles. The quantitative estimate of drug-likeness (QED) is 0.718. The summed E-state index contributed by atoms with van der Waals surface area (Å²) in [7, 11) is 1.88. The van der Waals surface area contributed by atoms with Crippen LogP contribution in [-0.4, -0.2) is 52.2 Å². The summed E-state index contributed by atoms with van der Waals surface area (Å²) in [6, 6.07) is 0. The molecule has 1 atom stereocenters. The van der Waals surface area contributed by atoms with E-state index in [-0.39, 0.29) is 11.8 Å². The molecule has 1 saturated heterocycles. The standard InChI is InChI=1S/C12H19N3O4/c1-15(6-8-4-2-3-5-19-8)7-9-10(11(16)17)14-12(18)13-9/h8H,2-7H2,1H3,(H,16,17)(H2,13,14,18)/t8-/m0/s1. The topological polar surface area (TPSA) is 98.4 Å². The van der Waals surface area contributed by atoms with Gasteiger partial charge in [0.05, 0.1) is 11.8 Å². The van der Waals surface area contributed by atoms with Crippen LogP contribution in [0, 0.1) is 0 Å². The number of rotatable bonds is 5. The fourth-order valence-electron chi connectivity index (χ4n) is 2.35. The van der Waals surface area contributed by atoms with Gasteiger partial charge in [-0.3, -0.25) is 9.88 Å². The third kappa shape index (κ3) is 3.68. The molecular formula is C12H19N3O4. The molecule has 0 amide bonds. The highest BCUT2D eigenvalue weighted by Gasteiger charge is 2.19. The molecule has 1 aromatic rings. The van der Waals surface area contributed by atoms with E-state index in [1.807, 2.05) is 11.9 Å². The number of hydrogen-bond acceptors (Lipinski definition) is 4. The second-order valence-electron chi connectivity index (χ2n) is 4.92. The fraction of sp³-hybridized carbons (Fsp3) is 0.667. The maximum Gasteiger partial charge on any atom is 0.354 e. The van der Waals surface area contributed by atoms with E-state index in [4.69, 9.17) is 9.84 Å². The van der Waals surface area contributed by atoms with Crippen LogP contribution in [0.3, 0.4) is 0 Å². The van der Waals surface area contributed by atoms with Gasteiger partial charge in [-0.05, 0) is 26.3 Å². The van der Waals surface area contributed by atoms with Crippen molar-refractivity contribution in [3.63, 3.8) is 0 Å². The molecule has 19 heavy (non-hydrogen) atoms. The number of H-pyrrole nitrogens is 2. The number of aromatic nitrogens is 2. The Labute approximate surface area is 110 Å². The number of carboxylic acid groups (broad SMARTS) is 1. The number of aromatic carboxylic acids is 1. The third-order valence-electron chi connectivity index (χ3n) is 3.24. The molecule has 3 N–H and O–H groups in total. The lowest BCUT2D eigenvalue weighted by Gasteiger charge is -2.27. The van der Waals surface area contributed by atoms with E-state index in [2.05, 4.69) is 9.97 Å². The second-order valence-corrected chi connectivity index (χ2v) is 4.92. The highest BCUT2D eigenvalue weighted by atomic mass is 16.5. The monoisotopic (exact) mass is 269 g/mol. The Morgan fingerprint density at radius 3 is 2.89 bits per heavy atom. The lowest BCUT2D eigenvalue weighted by Crippen LogP contribution is -2.33. The summed E-state index contributed by atoms with van der Waals surface area (Å²) in [4.78, 5) is 28.9. The zero-order valence-electron chi connectivity index (χ0n) is 10.9. The summed E-state index contributed by atoms with van der Waals surface area (Å²) in [5.74, 6) is -1.13. The van der Waals surface area contributed by atoms with Gasteiger partial charge in [-0.15, -0.1) is 0 Å². The van der Waals surface area contributed by atoms with Crippen LogP contribution in [0.25, 0.3) is 0 Å². The van der Waals surface area contributed by atoms with Crippen molar-refractivity contribution >= 4 is 5.97 Å². The Balaban J connectivity index is 1.96. The molecule has 1 fully saturated rings. The van der Waals surface area contributed by atoms with Crippen LogP contribution in [0.2, 0.25) is 0 Å². The normalized spacial score (nSPS) is 19.8. The molecule has 0 radical (unpaired) electrons. The minimum absolute atomic E-state index is 0.0681. The molecule has 7 nitrogen and oxygen atoms in total. The van der Waals surface area contributed by atoms with Gasteiger partial charge in [0.1, 0.15) is 5.69 Å². The Kier molecular flexibility index (Phi) is 4.39. The van der Waals surface area contributed by atoms with Gasteiger partial charge in [0.15, 0.2) is 0 Å². The fourth-order valence-corrected chi connectivity index (χ4v) is 2.35. The number of carboxylic acids is 1. The Morgan fingerprint density at radius 2 is 2.26 bits per heavy atom. The smallest absolute Gasteiger partial charge is 0.354 e. The van der Waals surface area contributed by atoms with E-state index in [0.29, 0.717) is 12.2 Å². The molecule has 1 aliphatic heterocycles. The maximum absolute atomic E-state index is 11.2. The van der Waals surface area contributed by atoms with Gasteiger partial charge in [0.25, 0.3) is 0 Å². The van der Waals surface area contributed by atoms with Gasteiger partial charge in [-0.25, -0.2) is 9.59 Å². The number of nitrogens with one attached hydrogen (secondary N) is 2. The first-order valence-corrected chi connectivity index (χ1v) is 6.41. The van der Waals surface area contributed by atoms with Crippen LogP contribution >= 0.6 is 0 Å². The number of ether oxygens (including phenoxy) is 1. The van der Waals surface area contributed by atoms with E-state index < -0.39 is 11.7 Å². The van der Waals surface area contributed by atoms with Crippen molar-refractivity contribution in [1.29, 1.82) is 0 Å². The molecule has 0 aromatic carbocycles. The van der Waals surface area contributed by atoms with E-state index in [0.717, 1.165) is 26.0 Å². The number of aromatic amines is 2. The third-order valence-corrected chi connectivity index (χ3v) is 3.24. The van der Waals surface area contributed by atoms with Crippen LogP contribution in [0.5, 0.6) is 0 Å². The number of nitrogens with zero attached hydrogens (tertiary/aromatic N) is 1. The summed E-state index contributed by atoms with van der Waals surface area (Å²) in [5, 5.41) is 8.98. The lowest BCUT2D eigenvalue weighted by atomic mass is 10.1. The van der Waals surface area contributed by atoms with Crippen LogP contribution in [-0.2, 0) is 11.3 Å². The van der Waals surface area contributed by atoms with Gasteiger partial charge in [0, 0.05) is 19.7 Å². The summed E-state index contributed by atoms with van der Waals surface area (Å²) in [5.41, 5.74) is -0.160. The van der Waals surface area contributed by atoms with Crippen molar-refractivity contribution in [2.45, 2.75) is 31.9 Å². The lowest BCUT2D eigenvalue weighted by molar-refractivity contribution is -0.00276.